The van der Waals surface area contributed by atoms with Crippen molar-refractivity contribution in [1.29, 1.82) is 0 Å². The molecule has 0 saturated carbocycles. The van der Waals surface area contributed by atoms with Crippen LogP contribution < -0.4 is 5.46 Å². The highest BCUT2D eigenvalue weighted by Gasteiger charge is 2.14. The van der Waals surface area contributed by atoms with Crippen LogP contribution in [0.4, 0.5) is 5.69 Å². The maximum Gasteiger partial charge on any atom is 0.488 e. The van der Waals surface area contributed by atoms with Gasteiger partial charge in [0.1, 0.15) is 0 Å². The second-order valence-corrected chi connectivity index (χ2v) is 3.08. The molecule has 1 aromatic rings. The second kappa shape index (κ2) is 4.42. The number of hydrogen-bond acceptors (Lipinski definition) is 3. The third kappa shape index (κ3) is 2.04. The van der Waals surface area contributed by atoms with Gasteiger partial charge in [-0.1, -0.05) is 30.3 Å². The number of hydrogen-bond donors (Lipinski definition) is 2. The van der Waals surface area contributed by atoms with Crippen LogP contribution in [0.3, 0.4) is 0 Å². The molecule has 0 aliphatic rings. The minimum absolute atomic E-state index is 0.303. The molecular formula is C9H9BClNO2. The Morgan fingerprint density at radius 2 is 2.07 bits per heavy atom. The maximum atomic E-state index is 8.95. The lowest BCUT2D eigenvalue weighted by Gasteiger charge is -2.06. The molecule has 5 heteroatoms. The zero-order valence-corrected chi connectivity index (χ0v) is 8.20. The highest BCUT2D eigenvalue weighted by Crippen LogP contribution is 2.28. The predicted molar refractivity (Wildman–Crippen MR) is 60.6 cm³/mol. The first-order valence-corrected chi connectivity index (χ1v) is 4.26. The fraction of sp³-hybridized carbons (Fsp3) is 0. The topological polar surface area (TPSA) is 52.8 Å². The summed E-state index contributed by atoms with van der Waals surface area (Å²) in [6.07, 6.45) is 1.53. The van der Waals surface area contributed by atoms with Crippen LogP contribution in [0.25, 0.3) is 6.08 Å². The fourth-order valence-corrected chi connectivity index (χ4v) is 1.41. The Bertz CT molecular complexity index is 379. The van der Waals surface area contributed by atoms with E-state index in [9.17, 15) is 0 Å². The lowest BCUT2D eigenvalue weighted by Crippen LogP contribution is -2.29. The van der Waals surface area contributed by atoms with Gasteiger partial charge in [-0.3, -0.25) is 4.99 Å². The quantitative estimate of drug-likeness (QED) is 0.576. The number of benzene rings is 1. The molecule has 1 aromatic carbocycles. The Hall–Kier alpha value is -1.10. The Morgan fingerprint density at radius 1 is 1.43 bits per heavy atom. The van der Waals surface area contributed by atoms with Crippen molar-refractivity contribution in [3.05, 3.63) is 29.3 Å². The van der Waals surface area contributed by atoms with E-state index < -0.39 is 7.12 Å². The standard InChI is InChI=1S/C9H9BClNO2/c1-3-6-4-7(10(13)14)5-8(11)9(6)12-2/h3-5,13-14H,1-2H2. The molecule has 1 rings (SSSR count). The highest BCUT2D eigenvalue weighted by molar-refractivity contribution is 6.59. The lowest BCUT2D eigenvalue weighted by molar-refractivity contribution is 0.426. The molecule has 0 atom stereocenters. The minimum Gasteiger partial charge on any atom is -0.423 e. The van der Waals surface area contributed by atoms with E-state index in [1.54, 1.807) is 6.07 Å². The van der Waals surface area contributed by atoms with Gasteiger partial charge in [0, 0.05) is 5.56 Å². The molecule has 3 nitrogen and oxygen atoms in total. The van der Waals surface area contributed by atoms with Gasteiger partial charge in [-0.2, -0.15) is 0 Å². The predicted octanol–water partition coefficient (Wildman–Crippen LogP) is 0.995. The van der Waals surface area contributed by atoms with Gasteiger partial charge in [-0.05, 0) is 18.2 Å². The van der Waals surface area contributed by atoms with Crippen LogP contribution >= 0.6 is 11.6 Å². The first-order valence-electron chi connectivity index (χ1n) is 3.89. The number of rotatable bonds is 3. The SMILES string of the molecule is C=Cc1cc(B(O)O)cc(Cl)c1N=C. The first-order chi connectivity index (χ1) is 6.60. The average molecular weight is 209 g/mol. The van der Waals surface area contributed by atoms with E-state index in [1.807, 2.05) is 0 Å². The molecule has 0 heterocycles. The normalized spacial score (nSPS) is 9.64. The van der Waals surface area contributed by atoms with Crippen LogP contribution in [0.5, 0.6) is 0 Å². The van der Waals surface area contributed by atoms with Crippen molar-refractivity contribution in [1.82, 2.24) is 0 Å². The van der Waals surface area contributed by atoms with Crippen LogP contribution in [0, 0.1) is 0 Å². The zero-order chi connectivity index (χ0) is 10.7. The summed E-state index contributed by atoms with van der Waals surface area (Å²) in [6, 6.07) is 2.98. The van der Waals surface area contributed by atoms with Gasteiger partial charge in [0.25, 0.3) is 0 Å². The summed E-state index contributed by atoms with van der Waals surface area (Å²) in [5.41, 5.74) is 1.42. The monoisotopic (exact) mass is 209 g/mol. The third-order valence-electron chi connectivity index (χ3n) is 1.79. The van der Waals surface area contributed by atoms with Crippen molar-refractivity contribution >= 4 is 42.7 Å². The van der Waals surface area contributed by atoms with Crippen molar-refractivity contribution in [3.8, 4) is 0 Å². The molecule has 0 saturated heterocycles. The van der Waals surface area contributed by atoms with E-state index in [0.29, 0.717) is 21.7 Å². The van der Waals surface area contributed by atoms with Crippen molar-refractivity contribution < 1.29 is 10.0 Å². The summed E-state index contributed by atoms with van der Waals surface area (Å²) in [6.45, 7) is 6.94. The first kappa shape index (κ1) is 11.0. The van der Waals surface area contributed by atoms with Crippen LogP contribution in [-0.2, 0) is 0 Å². The molecule has 0 aromatic heterocycles. The number of nitrogens with zero attached hydrogens (tertiary/aromatic N) is 1. The van der Waals surface area contributed by atoms with E-state index in [4.69, 9.17) is 21.6 Å². The molecule has 0 aliphatic carbocycles. The van der Waals surface area contributed by atoms with Crippen molar-refractivity contribution in [3.63, 3.8) is 0 Å². The molecule has 0 amide bonds. The van der Waals surface area contributed by atoms with Crippen LogP contribution in [-0.4, -0.2) is 23.9 Å². The second-order valence-electron chi connectivity index (χ2n) is 2.68. The molecular weight excluding hydrogens is 200 g/mol. The number of halogens is 1. The smallest absolute Gasteiger partial charge is 0.423 e. The summed E-state index contributed by atoms with van der Waals surface area (Å²) < 4.78 is 0. The summed E-state index contributed by atoms with van der Waals surface area (Å²) in [7, 11) is -1.55. The van der Waals surface area contributed by atoms with Gasteiger partial charge in [-0.25, -0.2) is 0 Å². The van der Waals surface area contributed by atoms with Gasteiger partial charge in [-0.15, -0.1) is 0 Å². The molecule has 0 spiro atoms. The van der Waals surface area contributed by atoms with E-state index in [2.05, 4.69) is 18.3 Å². The van der Waals surface area contributed by atoms with Crippen LogP contribution in [0.1, 0.15) is 5.56 Å². The van der Waals surface area contributed by atoms with E-state index in [1.165, 1.54) is 12.1 Å². The summed E-state index contributed by atoms with van der Waals surface area (Å²) in [4.78, 5) is 3.72. The van der Waals surface area contributed by atoms with Crippen molar-refractivity contribution in [2.75, 3.05) is 0 Å². The Balaban J connectivity index is 3.38. The Morgan fingerprint density at radius 3 is 2.50 bits per heavy atom. The lowest BCUT2D eigenvalue weighted by atomic mass is 9.79. The van der Waals surface area contributed by atoms with E-state index in [-0.39, 0.29) is 0 Å². The van der Waals surface area contributed by atoms with Crippen molar-refractivity contribution in [2.24, 2.45) is 4.99 Å². The molecule has 0 fully saturated rings. The van der Waals surface area contributed by atoms with Crippen molar-refractivity contribution in [2.45, 2.75) is 0 Å². The summed E-state index contributed by atoms with van der Waals surface area (Å²) in [5.74, 6) is 0. The largest absolute Gasteiger partial charge is 0.488 e. The third-order valence-corrected chi connectivity index (χ3v) is 2.08. The van der Waals surface area contributed by atoms with E-state index >= 15 is 0 Å². The number of aliphatic imine (C=N–C) groups is 1. The highest BCUT2D eigenvalue weighted by atomic mass is 35.5. The zero-order valence-electron chi connectivity index (χ0n) is 7.44. The molecule has 0 radical (unpaired) electrons. The van der Waals surface area contributed by atoms with Gasteiger partial charge in [0.2, 0.25) is 0 Å². The fourth-order valence-electron chi connectivity index (χ4n) is 1.11. The Labute approximate surface area is 87.5 Å². The summed E-state index contributed by atoms with van der Waals surface area (Å²) >= 11 is 5.85. The molecule has 0 aliphatic heterocycles. The molecule has 2 N–H and O–H groups in total. The van der Waals surface area contributed by atoms with Gasteiger partial charge < -0.3 is 10.0 Å². The maximum absolute atomic E-state index is 8.95. The molecule has 0 unspecified atom stereocenters. The van der Waals surface area contributed by atoms with Gasteiger partial charge in [0.15, 0.2) is 0 Å². The van der Waals surface area contributed by atoms with Crippen LogP contribution in [0.2, 0.25) is 5.02 Å². The minimum atomic E-state index is -1.55. The van der Waals surface area contributed by atoms with Gasteiger partial charge in [0.05, 0.1) is 10.7 Å². The summed E-state index contributed by atoms with van der Waals surface area (Å²) in [5, 5.41) is 18.2. The molecule has 14 heavy (non-hydrogen) atoms. The molecule has 0 bridgehead atoms. The Kier molecular flexibility index (Phi) is 3.46. The average Bonchev–Trinajstić information content (AvgIpc) is 2.16. The van der Waals surface area contributed by atoms with Gasteiger partial charge >= 0.3 is 7.12 Å². The van der Waals surface area contributed by atoms with Crippen LogP contribution in [0.15, 0.2) is 23.7 Å². The van der Waals surface area contributed by atoms with E-state index in [0.717, 1.165) is 0 Å². The molecule has 72 valence electrons.